The van der Waals surface area contributed by atoms with Crippen molar-refractivity contribution in [1.82, 2.24) is 0 Å². The average Bonchev–Trinajstić information content (AvgIpc) is 2.93. The summed E-state index contributed by atoms with van der Waals surface area (Å²) in [6.07, 6.45) is 5.71. The normalized spacial score (nSPS) is 43.7. The Hall–Kier alpha value is -1.82. The van der Waals surface area contributed by atoms with Crippen molar-refractivity contribution >= 4 is 23.3 Å². The highest BCUT2D eigenvalue weighted by Crippen LogP contribution is 2.67. The van der Waals surface area contributed by atoms with Gasteiger partial charge in [-0.1, -0.05) is 19.4 Å². The van der Waals surface area contributed by atoms with Gasteiger partial charge in [0.05, 0.1) is 0 Å². The fraction of sp³-hybridized carbons (Fsp3) is 0.739. The summed E-state index contributed by atoms with van der Waals surface area (Å²) in [6, 6.07) is 0. The summed E-state index contributed by atoms with van der Waals surface area (Å²) in [7, 11) is 0. The van der Waals surface area contributed by atoms with Crippen LogP contribution in [-0.4, -0.2) is 40.6 Å². The molecule has 6 heteroatoms. The quantitative estimate of drug-likeness (QED) is 0.729. The molecule has 0 saturated heterocycles. The molecular weight excluding hydrogens is 372 g/mol. The zero-order valence-corrected chi connectivity index (χ0v) is 17.5. The molecule has 1 N–H and O–H groups in total. The molecule has 4 aliphatic carbocycles. The number of ether oxygens (including phenoxy) is 1. The van der Waals surface area contributed by atoms with E-state index in [1.165, 1.54) is 6.92 Å². The third-order valence-corrected chi connectivity index (χ3v) is 8.69. The molecule has 6 nitrogen and oxygen atoms in total. The Morgan fingerprint density at radius 1 is 1.17 bits per heavy atom. The van der Waals surface area contributed by atoms with Crippen LogP contribution >= 0.6 is 0 Å². The van der Waals surface area contributed by atoms with Crippen LogP contribution in [0.15, 0.2) is 11.6 Å². The van der Waals surface area contributed by atoms with Crippen LogP contribution in [0.25, 0.3) is 0 Å². The molecule has 4 aliphatic rings. The first-order chi connectivity index (χ1) is 13.6. The smallest absolute Gasteiger partial charge is 0.303 e. The average molecular weight is 402 g/mol. The Morgan fingerprint density at radius 2 is 1.90 bits per heavy atom. The summed E-state index contributed by atoms with van der Waals surface area (Å²) in [5, 5.41) is 9.63. The molecule has 0 aliphatic heterocycles. The minimum Gasteiger partial charge on any atom is -0.451 e. The van der Waals surface area contributed by atoms with Crippen LogP contribution in [0.5, 0.6) is 0 Å². The highest BCUT2D eigenvalue weighted by atomic mass is 16.6. The van der Waals surface area contributed by atoms with E-state index < -0.39 is 29.4 Å². The second kappa shape index (κ2) is 6.59. The Kier molecular flexibility index (Phi) is 4.65. The summed E-state index contributed by atoms with van der Waals surface area (Å²) >= 11 is 0. The van der Waals surface area contributed by atoms with Gasteiger partial charge in [-0.05, 0) is 55.4 Å². The first-order valence-corrected chi connectivity index (χ1v) is 10.7. The lowest BCUT2D eigenvalue weighted by molar-refractivity contribution is -0.190. The molecule has 158 valence electrons. The summed E-state index contributed by atoms with van der Waals surface area (Å²) in [4.78, 5) is 50.3. The van der Waals surface area contributed by atoms with Crippen LogP contribution in [0.4, 0.5) is 0 Å². The van der Waals surface area contributed by atoms with Crippen molar-refractivity contribution in [3.05, 3.63) is 11.6 Å². The van der Waals surface area contributed by atoms with E-state index in [1.807, 2.05) is 6.92 Å². The Morgan fingerprint density at radius 3 is 2.55 bits per heavy atom. The van der Waals surface area contributed by atoms with Crippen molar-refractivity contribution in [2.75, 3.05) is 6.61 Å². The fourth-order valence-electron chi connectivity index (χ4n) is 7.43. The highest BCUT2D eigenvalue weighted by molar-refractivity contribution is 5.95. The van der Waals surface area contributed by atoms with Crippen LogP contribution in [0, 0.1) is 28.6 Å². The predicted octanol–water partition coefficient (Wildman–Crippen LogP) is 2.56. The van der Waals surface area contributed by atoms with E-state index in [-0.39, 0.29) is 41.2 Å². The number of esters is 1. The van der Waals surface area contributed by atoms with Gasteiger partial charge in [-0.25, -0.2) is 0 Å². The van der Waals surface area contributed by atoms with Crippen LogP contribution in [0.1, 0.15) is 65.7 Å². The van der Waals surface area contributed by atoms with E-state index in [9.17, 15) is 24.3 Å². The molecule has 6 atom stereocenters. The zero-order valence-electron chi connectivity index (χ0n) is 17.5. The van der Waals surface area contributed by atoms with Gasteiger partial charge in [-0.3, -0.25) is 19.2 Å². The number of hydrogen-bond acceptors (Lipinski definition) is 6. The van der Waals surface area contributed by atoms with Crippen molar-refractivity contribution in [3.8, 4) is 0 Å². The molecular formula is C23H30O6. The molecule has 3 fully saturated rings. The van der Waals surface area contributed by atoms with Gasteiger partial charge in [0.15, 0.2) is 11.4 Å². The summed E-state index contributed by atoms with van der Waals surface area (Å²) < 4.78 is 5.64. The van der Waals surface area contributed by atoms with Crippen molar-refractivity contribution in [2.45, 2.75) is 71.3 Å². The van der Waals surface area contributed by atoms with Gasteiger partial charge in [-0.2, -0.15) is 0 Å². The lowest BCUT2D eigenvalue weighted by Crippen LogP contribution is -2.62. The molecule has 0 radical (unpaired) electrons. The molecule has 29 heavy (non-hydrogen) atoms. The first kappa shape index (κ1) is 20.5. The van der Waals surface area contributed by atoms with E-state index in [1.54, 1.807) is 6.08 Å². The van der Waals surface area contributed by atoms with Crippen molar-refractivity contribution in [2.24, 2.45) is 28.6 Å². The summed E-state index contributed by atoms with van der Waals surface area (Å²) in [5.41, 5.74) is -1.44. The zero-order chi connectivity index (χ0) is 21.2. The van der Waals surface area contributed by atoms with Crippen LogP contribution < -0.4 is 0 Å². The first-order valence-electron chi connectivity index (χ1n) is 10.7. The number of hydrogen-bond donors (Lipinski definition) is 1. The van der Waals surface area contributed by atoms with Crippen molar-refractivity contribution in [3.63, 3.8) is 0 Å². The molecule has 0 aromatic heterocycles. The van der Waals surface area contributed by atoms with E-state index in [4.69, 9.17) is 4.74 Å². The van der Waals surface area contributed by atoms with Crippen molar-refractivity contribution < 1.29 is 29.0 Å². The van der Waals surface area contributed by atoms with Crippen LogP contribution in [0.2, 0.25) is 0 Å². The van der Waals surface area contributed by atoms with E-state index in [2.05, 4.69) is 6.92 Å². The molecule has 0 aromatic rings. The highest BCUT2D eigenvalue weighted by Gasteiger charge is 2.70. The lowest BCUT2D eigenvalue weighted by Gasteiger charge is -2.58. The number of allylic oxidation sites excluding steroid dienone is 1. The second-order valence-electron chi connectivity index (χ2n) is 9.94. The third-order valence-electron chi connectivity index (χ3n) is 8.69. The molecule has 0 spiro atoms. The standard InChI is InChI=1S/C23H30O6/c1-13(25)29-23(19(28)12-24)9-7-17-16-5-4-14-10-15(26)6-8-21(14,2)20(16)18(27)11-22(17,23)3/h10,16-17,20,24H,4-9,11-12H2,1-3H3/t16?,17?,20?,21-,22-,23-/m0/s1. The SMILES string of the molecule is CC(=O)O[C@]1(C(=O)CO)CCC2C3CCC4=CC(=O)CC[C@]4(C)C3C(=O)C[C@@]21C. The monoisotopic (exact) mass is 402 g/mol. The fourth-order valence-corrected chi connectivity index (χ4v) is 7.43. The van der Waals surface area contributed by atoms with Gasteiger partial charge in [0.25, 0.3) is 0 Å². The molecule has 3 unspecified atom stereocenters. The Bertz CT molecular complexity index is 827. The molecule has 4 rings (SSSR count). The summed E-state index contributed by atoms with van der Waals surface area (Å²) in [5.74, 6) is -0.819. The van der Waals surface area contributed by atoms with Gasteiger partial charge < -0.3 is 9.84 Å². The molecule has 3 saturated carbocycles. The van der Waals surface area contributed by atoms with E-state index >= 15 is 0 Å². The minimum absolute atomic E-state index is 0.0658. The predicted molar refractivity (Wildman–Crippen MR) is 104 cm³/mol. The number of aliphatic hydroxyl groups excluding tert-OH is 1. The number of aliphatic hydroxyl groups is 1. The van der Waals surface area contributed by atoms with Gasteiger partial charge in [0.2, 0.25) is 5.78 Å². The minimum atomic E-state index is -1.43. The van der Waals surface area contributed by atoms with Crippen LogP contribution in [-0.2, 0) is 23.9 Å². The number of carbonyl (C=O) groups excluding carboxylic acids is 4. The van der Waals surface area contributed by atoms with Gasteiger partial charge in [0, 0.05) is 31.1 Å². The molecule has 0 aromatic carbocycles. The molecule has 0 bridgehead atoms. The maximum atomic E-state index is 13.6. The van der Waals surface area contributed by atoms with Gasteiger partial charge >= 0.3 is 5.97 Å². The second-order valence-corrected chi connectivity index (χ2v) is 9.94. The maximum absolute atomic E-state index is 13.6. The number of fused-ring (bicyclic) bond motifs is 5. The van der Waals surface area contributed by atoms with Gasteiger partial charge in [0.1, 0.15) is 12.4 Å². The number of rotatable bonds is 3. The summed E-state index contributed by atoms with van der Waals surface area (Å²) in [6.45, 7) is 4.59. The molecule has 0 amide bonds. The van der Waals surface area contributed by atoms with Crippen molar-refractivity contribution in [1.29, 1.82) is 0 Å². The van der Waals surface area contributed by atoms with E-state index in [0.717, 1.165) is 18.4 Å². The molecule has 0 heterocycles. The number of carbonyl (C=O) groups is 4. The van der Waals surface area contributed by atoms with Crippen LogP contribution in [0.3, 0.4) is 0 Å². The largest absolute Gasteiger partial charge is 0.451 e. The van der Waals surface area contributed by atoms with Gasteiger partial charge in [-0.15, -0.1) is 0 Å². The Balaban J connectivity index is 1.77. The van der Waals surface area contributed by atoms with E-state index in [0.29, 0.717) is 25.7 Å². The third kappa shape index (κ3) is 2.64. The lowest BCUT2D eigenvalue weighted by atomic mass is 9.46. The number of Topliss-reactive ketones (excluding diaryl/α,β-unsaturated/α-hetero) is 2. The maximum Gasteiger partial charge on any atom is 0.303 e. The number of ketones is 3. The topological polar surface area (TPSA) is 97.7 Å². The Labute approximate surface area is 171 Å².